The van der Waals surface area contributed by atoms with Crippen molar-refractivity contribution < 1.29 is 28.7 Å². The van der Waals surface area contributed by atoms with Gasteiger partial charge in [-0.3, -0.25) is 9.59 Å². The molecule has 0 fully saturated rings. The van der Waals surface area contributed by atoms with Crippen LogP contribution in [0.5, 0.6) is 0 Å². The summed E-state index contributed by atoms with van der Waals surface area (Å²) >= 11 is 0. The minimum absolute atomic E-state index is 0.0545. The monoisotopic (exact) mass is 348 g/mol. The molecule has 8 nitrogen and oxygen atoms in total. The zero-order chi connectivity index (χ0) is 18.8. The van der Waals surface area contributed by atoms with Gasteiger partial charge in [0.1, 0.15) is 6.04 Å². The fraction of sp³-hybridized carbons (Fsp3) is 0.294. The van der Waals surface area contributed by atoms with E-state index in [1.165, 1.54) is 33.3 Å². The van der Waals surface area contributed by atoms with Crippen molar-refractivity contribution in [3.05, 3.63) is 42.0 Å². The molecule has 0 bridgehead atoms. The lowest BCUT2D eigenvalue weighted by Crippen LogP contribution is -2.41. The van der Waals surface area contributed by atoms with E-state index in [-0.39, 0.29) is 17.9 Å². The quantitative estimate of drug-likeness (QED) is 0.562. The van der Waals surface area contributed by atoms with Crippen LogP contribution < -0.4 is 10.6 Å². The highest BCUT2D eigenvalue weighted by atomic mass is 16.5. The van der Waals surface area contributed by atoms with Gasteiger partial charge in [0, 0.05) is 24.3 Å². The van der Waals surface area contributed by atoms with Crippen LogP contribution in [0.2, 0.25) is 0 Å². The maximum absolute atomic E-state index is 12.3. The van der Waals surface area contributed by atoms with Gasteiger partial charge >= 0.3 is 11.9 Å². The first kappa shape index (κ1) is 19.9. The first-order valence-electron chi connectivity index (χ1n) is 7.38. The van der Waals surface area contributed by atoms with E-state index < -0.39 is 23.9 Å². The van der Waals surface area contributed by atoms with Crippen LogP contribution >= 0.6 is 0 Å². The van der Waals surface area contributed by atoms with Crippen LogP contribution in [0.15, 0.2) is 36.4 Å². The van der Waals surface area contributed by atoms with Gasteiger partial charge in [-0.05, 0) is 24.6 Å². The fourth-order valence-electron chi connectivity index (χ4n) is 1.91. The summed E-state index contributed by atoms with van der Waals surface area (Å²) in [5.41, 5.74) is 0.720. The van der Waals surface area contributed by atoms with Crippen molar-refractivity contribution in [2.24, 2.45) is 0 Å². The Bertz CT molecular complexity index is 683. The molecule has 0 saturated carbocycles. The van der Waals surface area contributed by atoms with Crippen LogP contribution in [-0.2, 0) is 23.9 Å². The summed E-state index contributed by atoms with van der Waals surface area (Å²) in [4.78, 5) is 46.2. The van der Waals surface area contributed by atoms with Gasteiger partial charge in [0.15, 0.2) is 0 Å². The van der Waals surface area contributed by atoms with Gasteiger partial charge in [-0.1, -0.05) is 12.1 Å². The van der Waals surface area contributed by atoms with Crippen LogP contribution in [0, 0.1) is 0 Å². The van der Waals surface area contributed by atoms with Crippen LogP contribution in [0.25, 0.3) is 0 Å². The second kappa shape index (κ2) is 9.86. The van der Waals surface area contributed by atoms with Crippen LogP contribution in [0.3, 0.4) is 0 Å². The molecule has 0 aliphatic carbocycles. The zero-order valence-electron chi connectivity index (χ0n) is 14.2. The summed E-state index contributed by atoms with van der Waals surface area (Å²) in [5.74, 6) is -2.01. The van der Waals surface area contributed by atoms with Gasteiger partial charge in [0.25, 0.3) is 5.91 Å². The van der Waals surface area contributed by atoms with Crippen LogP contribution in [0.4, 0.5) is 5.69 Å². The van der Waals surface area contributed by atoms with Crippen molar-refractivity contribution >= 4 is 29.4 Å². The van der Waals surface area contributed by atoms with Gasteiger partial charge in [0.2, 0.25) is 5.91 Å². The third-order valence-corrected chi connectivity index (χ3v) is 3.06. The normalized spacial score (nSPS) is 11.5. The van der Waals surface area contributed by atoms with Crippen molar-refractivity contribution in [3.8, 4) is 0 Å². The van der Waals surface area contributed by atoms with E-state index in [4.69, 9.17) is 0 Å². The average molecular weight is 348 g/mol. The largest absolute Gasteiger partial charge is 0.467 e. The molecule has 0 spiro atoms. The van der Waals surface area contributed by atoms with E-state index in [0.29, 0.717) is 5.69 Å². The molecule has 1 aromatic carbocycles. The lowest BCUT2D eigenvalue weighted by Gasteiger charge is -2.15. The van der Waals surface area contributed by atoms with Crippen LogP contribution in [0.1, 0.15) is 23.7 Å². The molecule has 134 valence electrons. The number of ether oxygens (including phenoxy) is 2. The predicted octanol–water partition coefficient (Wildman–Crippen LogP) is 1.04. The molecule has 0 radical (unpaired) electrons. The third kappa shape index (κ3) is 6.86. The molecule has 0 aliphatic rings. The Morgan fingerprint density at radius 3 is 2.48 bits per heavy atom. The molecule has 0 unspecified atom stereocenters. The SMILES string of the molecule is COC(=O)/C=C/C[C@H](NC(=O)c1cccc(NC(C)=O)c1)C(=O)OC. The average Bonchev–Trinajstić information content (AvgIpc) is 2.59. The molecule has 25 heavy (non-hydrogen) atoms. The Morgan fingerprint density at radius 2 is 1.88 bits per heavy atom. The standard InChI is InChI=1S/C17H20N2O6/c1-11(20)18-13-7-4-6-12(10-13)16(22)19-14(17(23)25-3)8-5-9-15(21)24-2/h4-7,9-10,14H,8H2,1-3H3,(H,18,20)(H,19,22)/b9-5+/t14-/m0/s1. The summed E-state index contributed by atoms with van der Waals surface area (Å²) in [7, 11) is 2.43. The fourth-order valence-corrected chi connectivity index (χ4v) is 1.91. The van der Waals surface area contributed by atoms with E-state index in [0.717, 1.165) is 6.08 Å². The minimum Gasteiger partial charge on any atom is -0.467 e. The Balaban J connectivity index is 2.84. The molecule has 1 rings (SSSR count). The molecule has 8 heteroatoms. The van der Waals surface area contributed by atoms with E-state index >= 15 is 0 Å². The number of methoxy groups -OCH3 is 2. The van der Waals surface area contributed by atoms with Crippen molar-refractivity contribution in [2.45, 2.75) is 19.4 Å². The lowest BCUT2D eigenvalue weighted by molar-refractivity contribution is -0.143. The Labute approximate surface area is 145 Å². The van der Waals surface area contributed by atoms with E-state index in [2.05, 4.69) is 20.1 Å². The van der Waals surface area contributed by atoms with E-state index in [1.54, 1.807) is 18.2 Å². The maximum Gasteiger partial charge on any atom is 0.330 e. The van der Waals surface area contributed by atoms with Crippen molar-refractivity contribution in [2.75, 3.05) is 19.5 Å². The highest BCUT2D eigenvalue weighted by Crippen LogP contribution is 2.11. The molecule has 0 aromatic heterocycles. The molecule has 2 amide bonds. The number of esters is 2. The number of hydrogen-bond acceptors (Lipinski definition) is 6. The summed E-state index contributed by atoms with van der Waals surface area (Å²) in [6.45, 7) is 1.35. The molecule has 0 aliphatic heterocycles. The number of carbonyl (C=O) groups is 4. The Kier molecular flexibility index (Phi) is 7.85. The summed E-state index contributed by atoms with van der Waals surface area (Å²) in [6.07, 6.45) is 2.61. The smallest absolute Gasteiger partial charge is 0.330 e. The summed E-state index contributed by atoms with van der Waals surface area (Å²) < 4.78 is 9.10. The topological polar surface area (TPSA) is 111 Å². The number of hydrogen-bond donors (Lipinski definition) is 2. The molecule has 0 heterocycles. The second-order valence-corrected chi connectivity index (χ2v) is 4.97. The molecule has 1 aromatic rings. The second-order valence-electron chi connectivity index (χ2n) is 4.97. The highest BCUT2D eigenvalue weighted by Gasteiger charge is 2.21. The maximum atomic E-state index is 12.3. The van der Waals surface area contributed by atoms with Crippen molar-refractivity contribution in [1.29, 1.82) is 0 Å². The third-order valence-electron chi connectivity index (χ3n) is 3.06. The minimum atomic E-state index is -0.970. The molecular formula is C17H20N2O6. The summed E-state index contributed by atoms with van der Waals surface area (Å²) in [6, 6.07) is 5.29. The molecular weight excluding hydrogens is 328 g/mol. The predicted molar refractivity (Wildman–Crippen MR) is 89.8 cm³/mol. The highest BCUT2D eigenvalue weighted by molar-refractivity contribution is 5.98. The Hall–Kier alpha value is -3.16. The molecule has 2 N–H and O–H groups in total. The summed E-state index contributed by atoms with van der Waals surface area (Å²) in [5, 5.41) is 5.09. The zero-order valence-corrected chi connectivity index (χ0v) is 14.2. The van der Waals surface area contributed by atoms with Gasteiger partial charge in [0.05, 0.1) is 14.2 Å². The number of carbonyl (C=O) groups excluding carboxylic acids is 4. The first-order chi connectivity index (χ1) is 11.9. The number of amides is 2. The number of rotatable bonds is 7. The molecule has 1 atom stereocenters. The first-order valence-corrected chi connectivity index (χ1v) is 7.38. The number of anilines is 1. The number of nitrogens with one attached hydrogen (secondary N) is 2. The lowest BCUT2D eigenvalue weighted by atomic mass is 10.1. The Morgan fingerprint density at radius 1 is 1.16 bits per heavy atom. The van der Waals surface area contributed by atoms with Crippen LogP contribution in [-0.4, -0.2) is 44.0 Å². The van der Waals surface area contributed by atoms with Gasteiger partial charge in [-0.15, -0.1) is 0 Å². The van der Waals surface area contributed by atoms with E-state index in [9.17, 15) is 19.2 Å². The van der Waals surface area contributed by atoms with Gasteiger partial charge < -0.3 is 20.1 Å². The number of benzene rings is 1. The van der Waals surface area contributed by atoms with Crippen molar-refractivity contribution in [1.82, 2.24) is 5.32 Å². The van der Waals surface area contributed by atoms with Crippen molar-refractivity contribution in [3.63, 3.8) is 0 Å². The van der Waals surface area contributed by atoms with Gasteiger partial charge in [-0.25, -0.2) is 9.59 Å². The van der Waals surface area contributed by atoms with E-state index in [1.807, 2.05) is 0 Å². The molecule has 0 saturated heterocycles. The van der Waals surface area contributed by atoms with Gasteiger partial charge in [-0.2, -0.15) is 0 Å².